The number of hydrogen-bond donors (Lipinski definition) is 2. The quantitative estimate of drug-likeness (QED) is 0.715. The molecule has 0 aromatic heterocycles. The molecule has 2 aromatic carbocycles. The molecule has 1 aliphatic rings. The summed E-state index contributed by atoms with van der Waals surface area (Å²) in [7, 11) is 0. The minimum Gasteiger partial charge on any atom is -0.372 e. The first-order valence-corrected chi connectivity index (χ1v) is 6.74. The van der Waals surface area contributed by atoms with Gasteiger partial charge in [0.1, 0.15) is 0 Å². The van der Waals surface area contributed by atoms with Crippen LogP contribution in [0.5, 0.6) is 0 Å². The van der Waals surface area contributed by atoms with Gasteiger partial charge in [-0.15, -0.1) is 0 Å². The van der Waals surface area contributed by atoms with Gasteiger partial charge in [-0.3, -0.25) is 0 Å². The Kier molecular flexibility index (Phi) is 3.31. The monoisotopic (exact) mass is 348 g/mol. The van der Waals surface area contributed by atoms with Gasteiger partial charge in [-0.1, -0.05) is 48.5 Å². The van der Waals surface area contributed by atoms with E-state index < -0.39 is 45.8 Å². The molecular weight excluding hydrogens is 338 g/mol. The number of alkyl halides is 6. The fourth-order valence-electron chi connectivity index (χ4n) is 3.13. The molecule has 0 heterocycles. The molecule has 2 aromatic rings. The van der Waals surface area contributed by atoms with E-state index >= 15 is 0 Å². The zero-order valence-electron chi connectivity index (χ0n) is 11.8. The Balaban J connectivity index is 2.51. The van der Waals surface area contributed by atoms with Crippen molar-refractivity contribution in [3.05, 3.63) is 70.8 Å². The molecule has 2 N–H and O–H groups in total. The van der Waals surface area contributed by atoms with Crippen molar-refractivity contribution in [1.29, 1.82) is 0 Å². The molecule has 0 spiro atoms. The van der Waals surface area contributed by atoms with E-state index in [1.165, 1.54) is 0 Å². The van der Waals surface area contributed by atoms with E-state index in [4.69, 9.17) is 0 Å². The minimum absolute atomic E-state index is 0.732. The molecule has 0 fully saturated rings. The Morgan fingerprint density at radius 1 is 0.542 bits per heavy atom. The van der Waals surface area contributed by atoms with Crippen molar-refractivity contribution in [3.63, 3.8) is 0 Å². The van der Waals surface area contributed by atoms with Gasteiger partial charge in [0.25, 0.3) is 0 Å². The largest absolute Gasteiger partial charge is 0.425 e. The molecule has 24 heavy (non-hydrogen) atoms. The summed E-state index contributed by atoms with van der Waals surface area (Å²) in [6.45, 7) is 0. The van der Waals surface area contributed by atoms with Crippen LogP contribution in [0.1, 0.15) is 22.3 Å². The highest BCUT2D eigenvalue weighted by Crippen LogP contribution is 2.58. The van der Waals surface area contributed by atoms with Gasteiger partial charge in [0.2, 0.25) is 11.2 Å². The lowest BCUT2D eigenvalue weighted by Gasteiger charge is -2.45. The summed E-state index contributed by atoms with van der Waals surface area (Å²) >= 11 is 0. The zero-order chi connectivity index (χ0) is 18.0. The highest BCUT2D eigenvalue weighted by molar-refractivity contribution is 5.58. The fourth-order valence-corrected chi connectivity index (χ4v) is 3.13. The molecule has 0 radical (unpaired) electrons. The molecular formula is C16H10F6O2. The Bertz CT molecular complexity index is 680. The minimum atomic E-state index is -5.29. The van der Waals surface area contributed by atoms with Crippen LogP contribution in [0.3, 0.4) is 0 Å². The van der Waals surface area contributed by atoms with E-state index in [1.54, 1.807) is 0 Å². The molecule has 0 atom stereocenters. The first-order chi connectivity index (χ1) is 11.0. The van der Waals surface area contributed by atoms with Crippen LogP contribution in [0.15, 0.2) is 48.5 Å². The van der Waals surface area contributed by atoms with Crippen LogP contribution in [0.25, 0.3) is 0 Å². The van der Waals surface area contributed by atoms with Gasteiger partial charge >= 0.3 is 12.4 Å². The Hall–Kier alpha value is -2.06. The van der Waals surface area contributed by atoms with Gasteiger partial charge in [-0.2, -0.15) is 26.3 Å². The van der Waals surface area contributed by atoms with Gasteiger partial charge in [0.05, 0.1) is 0 Å². The van der Waals surface area contributed by atoms with E-state index in [0.717, 1.165) is 48.5 Å². The van der Waals surface area contributed by atoms with Crippen LogP contribution < -0.4 is 0 Å². The van der Waals surface area contributed by atoms with Crippen LogP contribution in [-0.2, 0) is 11.2 Å². The standard InChI is InChI=1S/C16H10F6O2/c17-15(18,19)13(23)9-5-1-2-6-10(9)14(24,16(20,21)22)12-8-4-3-7-11(12)13/h1-8,23-24H. The van der Waals surface area contributed by atoms with Crippen molar-refractivity contribution < 1.29 is 36.6 Å². The highest BCUT2D eigenvalue weighted by atomic mass is 19.4. The Morgan fingerprint density at radius 3 is 0.917 bits per heavy atom. The number of fused-ring (bicyclic) bond motifs is 2. The van der Waals surface area contributed by atoms with Gasteiger partial charge in [0, 0.05) is 22.3 Å². The molecule has 8 heteroatoms. The number of benzene rings is 2. The van der Waals surface area contributed by atoms with Crippen LogP contribution in [0.2, 0.25) is 0 Å². The summed E-state index contributed by atoms with van der Waals surface area (Å²) in [4.78, 5) is 0. The van der Waals surface area contributed by atoms with E-state index in [0.29, 0.717) is 0 Å². The number of aliphatic hydroxyl groups is 2. The van der Waals surface area contributed by atoms with Crippen LogP contribution in [0, 0.1) is 0 Å². The maximum atomic E-state index is 13.6. The maximum Gasteiger partial charge on any atom is 0.425 e. The number of hydrogen-bond acceptors (Lipinski definition) is 2. The second-order valence-corrected chi connectivity index (χ2v) is 5.51. The average molecular weight is 348 g/mol. The van der Waals surface area contributed by atoms with Gasteiger partial charge in [0.15, 0.2) is 0 Å². The summed E-state index contributed by atoms with van der Waals surface area (Å²) < 4.78 is 81.7. The van der Waals surface area contributed by atoms with Gasteiger partial charge in [-0.25, -0.2) is 0 Å². The summed E-state index contributed by atoms with van der Waals surface area (Å²) in [6, 6.07) is 7.21. The molecule has 3 rings (SSSR count). The van der Waals surface area contributed by atoms with Crippen molar-refractivity contribution in [2.45, 2.75) is 23.6 Å². The van der Waals surface area contributed by atoms with Crippen molar-refractivity contribution in [2.75, 3.05) is 0 Å². The smallest absolute Gasteiger partial charge is 0.372 e. The first kappa shape index (κ1) is 16.8. The summed E-state index contributed by atoms with van der Waals surface area (Å²) in [5, 5.41) is 20.8. The molecule has 128 valence electrons. The van der Waals surface area contributed by atoms with E-state index in [2.05, 4.69) is 0 Å². The van der Waals surface area contributed by atoms with Crippen molar-refractivity contribution >= 4 is 0 Å². The second kappa shape index (κ2) is 4.73. The topological polar surface area (TPSA) is 40.5 Å². The zero-order valence-corrected chi connectivity index (χ0v) is 11.8. The Labute approximate surface area is 132 Å². The molecule has 0 saturated heterocycles. The molecule has 1 aliphatic carbocycles. The molecule has 0 saturated carbocycles. The normalized spacial score (nSPS) is 26.7. The first-order valence-electron chi connectivity index (χ1n) is 6.74. The summed E-state index contributed by atoms with van der Waals surface area (Å²) in [6.07, 6.45) is -10.6. The Morgan fingerprint density at radius 2 is 0.750 bits per heavy atom. The van der Waals surface area contributed by atoms with Crippen LogP contribution in [0.4, 0.5) is 26.3 Å². The van der Waals surface area contributed by atoms with Gasteiger partial charge < -0.3 is 10.2 Å². The molecule has 2 nitrogen and oxygen atoms in total. The average Bonchev–Trinajstić information content (AvgIpc) is 2.50. The summed E-state index contributed by atoms with van der Waals surface area (Å²) in [5.41, 5.74) is -11.5. The van der Waals surface area contributed by atoms with Crippen molar-refractivity contribution in [1.82, 2.24) is 0 Å². The molecule has 0 aliphatic heterocycles. The van der Waals surface area contributed by atoms with Crippen LogP contribution in [-0.4, -0.2) is 22.6 Å². The van der Waals surface area contributed by atoms with Crippen LogP contribution >= 0.6 is 0 Å². The summed E-state index contributed by atoms with van der Waals surface area (Å²) in [5.74, 6) is 0. The predicted octanol–water partition coefficient (Wildman–Crippen LogP) is 3.60. The highest BCUT2D eigenvalue weighted by Gasteiger charge is 2.68. The second-order valence-electron chi connectivity index (χ2n) is 5.51. The van der Waals surface area contributed by atoms with Crippen molar-refractivity contribution in [3.8, 4) is 0 Å². The lowest BCUT2D eigenvalue weighted by Crippen LogP contribution is -2.55. The number of rotatable bonds is 0. The molecule has 0 unspecified atom stereocenters. The lowest BCUT2D eigenvalue weighted by molar-refractivity contribution is -0.270. The number of halogens is 6. The van der Waals surface area contributed by atoms with E-state index in [1.807, 2.05) is 0 Å². The molecule has 0 bridgehead atoms. The SMILES string of the molecule is OC1(C(F)(F)F)c2ccccc2C(O)(C(F)(F)F)c2ccccc21. The lowest BCUT2D eigenvalue weighted by atomic mass is 9.67. The third kappa shape index (κ3) is 1.86. The van der Waals surface area contributed by atoms with Crippen molar-refractivity contribution in [2.24, 2.45) is 0 Å². The van der Waals surface area contributed by atoms with E-state index in [9.17, 15) is 36.6 Å². The van der Waals surface area contributed by atoms with Gasteiger partial charge in [-0.05, 0) is 0 Å². The third-order valence-electron chi connectivity index (χ3n) is 4.23. The fraction of sp³-hybridized carbons (Fsp3) is 0.250. The third-order valence-corrected chi connectivity index (χ3v) is 4.23. The predicted molar refractivity (Wildman–Crippen MR) is 71.0 cm³/mol. The van der Waals surface area contributed by atoms with E-state index in [-0.39, 0.29) is 0 Å². The molecule has 0 amide bonds. The maximum absolute atomic E-state index is 13.6.